The quantitative estimate of drug-likeness (QED) is 0.629. The van der Waals surface area contributed by atoms with Crippen molar-refractivity contribution in [2.24, 2.45) is 0 Å². The molecule has 2 aromatic carbocycles. The Balaban J connectivity index is 1.61. The van der Waals surface area contributed by atoms with Gasteiger partial charge in [-0.1, -0.05) is 24.3 Å². The van der Waals surface area contributed by atoms with Crippen LogP contribution in [0.2, 0.25) is 0 Å². The molecule has 3 rings (SSSR count). The van der Waals surface area contributed by atoms with Crippen molar-refractivity contribution in [3.05, 3.63) is 71.1 Å². The fourth-order valence-corrected chi connectivity index (χ4v) is 4.30. The van der Waals surface area contributed by atoms with Gasteiger partial charge in [0, 0.05) is 11.1 Å². The van der Waals surface area contributed by atoms with Gasteiger partial charge in [0.15, 0.2) is 23.1 Å². The molecule has 0 fully saturated rings. The number of carbonyl (C=O) groups excluding carboxylic acids is 2. The monoisotopic (exact) mass is 429 g/mol. The molecule has 0 aromatic heterocycles. The SMILES string of the molecule is Cc1ccc(OCC(=O)OCC(=O)N(c2ccccc2)C2C=CS(=O)(=O)C2)cc1C. The third kappa shape index (κ3) is 5.48. The molecule has 0 radical (unpaired) electrons. The van der Waals surface area contributed by atoms with Crippen LogP contribution in [0.15, 0.2) is 60.0 Å². The van der Waals surface area contributed by atoms with Crippen LogP contribution in [0.3, 0.4) is 0 Å². The third-order valence-electron chi connectivity index (χ3n) is 4.74. The highest BCUT2D eigenvalue weighted by atomic mass is 32.2. The summed E-state index contributed by atoms with van der Waals surface area (Å²) in [6.07, 6.45) is 1.46. The normalized spacial score (nSPS) is 16.8. The van der Waals surface area contributed by atoms with Crippen molar-refractivity contribution in [1.29, 1.82) is 0 Å². The van der Waals surface area contributed by atoms with Gasteiger partial charge in [0.1, 0.15) is 5.75 Å². The first-order chi connectivity index (χ1) is 14.2. The zero-order chi connectivity index (χ0) is 21.7. The number of nitrogens with zero attached hydrogens (tertiary/aromatic N) is 1. The minimum Gasteiger partial charge on any atom is -0.482 e. The summed E-state index contributed by atoms with van der Waals surface area (Å²) in [7, 11) is -3.36. The molecule has 2 aromatic rings. The van der Waals surface area contributed by atoms with Gasteiger partial charge in [0.25, 0.3) is 5.91 Å². The fraction of sp³-hybridized carbons (Fsp3) is 0.273. The van der Waals surface area contributed by atoms with Gasteiger partial charge in [-0.05, 0) is 55.3 Å². The largest absolute Gasteiger partial charge is 0.482 e. The Labute approximate surface area is 175 Å². The summed E-state index contributed by atoms with van der Waals surface area (Å²) in [4.78, 5) is 26.1. The van der Waals surface area contributed by atoms with Gasteiger partial charge in [-0.25, -0.2) is 13.2 Å². The van der Waals surface area contributed by atoms with E-state index in [1.807, 2.05) is 26.0 Å². The summed E-state index contributed by atoms with van der Waals surface area (Å²) in [5.74, 6) is -0.887. The number of carbonyl (C=O) groups is 2. The molecule has 1 aliphatic heterocycles. The molecular formula is C22H23NO6S. The number of hydrogen-bond donors (Lipinski definition) is 0. The number of sulfone groups is 1. The third-order valence-corrected chi connectivity index (χ3v) is 6.12. The lowest BCUT2D eigenvalue weighted by Crippen LogP contribution is -2.43. The van der Waals surface area contributed by atoms with E-state index in [1.165, 1.54) is 11.0 Å². The van der Waals surface area contributed by atoms with Crippen LogP contribution in [-0.2, 0) is 24.2 Å². The summed E-state index contributed by atoms with van der Waals surface area (Å²) in [6.45, 7) is 3.06. The van der Waals surface area contributed by atoms with E-state index in [2.05, 4.69) is 0 Å². The van der Waals surface area contributed by atoms with Gasteiger partial charge in [-0.2, -0.15) is 0 Å². The van der Waals surface area contributed by atoms with E-state index in [0.29, 0.717) is 11.4 Å². The van der Waals surface area contributed by atoms with Gasteiger partial charge in [0.05, 0.1) is 11.8 Å². The van der Waals surface area contributed by atoms with E-state index in [9.17, 15) is 18.0 Å². The highest BCUT2D eigenvalue weighted by molar-refractivity contribution is 7.94. The van der Waals surface area contributed by atoms with Crippen LogP contribution < -0.4 is 9.64 Å². The topological polar surface area (TPSA) is 90.0 Å². The Morgan fingerprint density at radius 3 is 2.40 bits per heavy atom. The first kappa shape index (κ1) is 21.6. The van der Waals surface area contributed by atoms with E-state index in [1.54, 1.807) is 36.4 Å². The molecule has 8 heteroatoms. The predicted octanol–water partition coefficient (Wildman–Crippen LogP) is 2.57. The van der Waals surface area contributed by atoms with E-state index in [0.717, 1.165) is 16.5 Å². The second-order valence-corrected chi connectivity index (χ2v) is 8.95. The summed E-state index contributed by atoms with van der Waals surface area (Å²) in [6, 6.07) is 13.5. The highest BCUT2D eigenvalue weighted by Crippen LogP contribution is 2.23. The van der Waals surface area contributed by atoms with Gasteiger partial charge in [-0.15, -0.1) is 0 Å². The molecule has 30 heavy (non-hydrogen) atoms. The molecule has 1 atom stereocenters. The second kappa shape index (κ2) is 9.13. The zero-order valence-electron chi connectivity index (χ0n) is 16.8. The Morgan fingerprint density at radius 1 is 1.03 bits per heavy atom. The van der Waals surface area contributed by atoms with Crippen LogP contribution in [0, 0.1) is 13.8 Å². The molecule has 1 amide bonds. The molecule has 0 saturated carbocycles. The molecule has 0 aliphatic carbocycles. The maximum absolute atomic E-state index is 12.8. The summed E-state index contributed by atoms with van der Waals surface area (Å²) < 4.78 is 34.1. The van der Waals surface area contributed by atoms with Crippen molar-refractivity contribution in [2.45, 2.75) is 19.9 Å². The predicted molar refractivity (Wildman–Crippen MR) is 113 cm³/mol. The number of amides is 1. The molecule has 0 N–H and O–H groups in total. The number of aryl methyl sites for hydroxylation is 2. The van der Waals surface area contributed by atoms with Crippen molar-refractivity contribution >= 4 is 27.4 Å². The lowest BCUT2D eigenvalue weighted by Gasteiger charge is -2.27. The molecule has 0 bridgehead atoms. The Kier molecular flexibility index (Phi) is 6.56. The molecule has 0 saturated heterocycles. The van der Waals surface area contributed by atoms with Crippen LogP contribution in [0.1, 0.15) is 11.1 Å². The zero-order valence-corrected chi connectivity index (χ0v) is 17.6. The van der Waals surface area contributed by atoms with Gasteiger partial charge < -0.3 is 14.4 Å². The van der Waals surface area contributed by atoms with Gasteiger partial charge >= 0.3 is 5.97 Å². The van der Waals surface area contributed by atoms with Crippen molar-refractivity contribution in [3.63, 3.8) is 0 Å². The van der Waals surface area contributed by atoms with Crippen molar-refractivity contribution < 1.29 is 27.5 Å². The fourth-order valence-electron chi connectivity index (χ4n) is 3.03. The van der Waals surface area contributed by atoms with Gasteiger partial charge in [0.2, 0.25) is 0 Å². The number of rotatable bonds is 7. The number of ether oxygens (including phenoxy) is 2. The van der Waals surface area contributed by atoms with E-state index >= 15 is 0 Å². The molecule has 7 nitrogen and oxygen atoms in total. The first-order valence-electron chi connectivity index (χ1n) is 9.39. The van der Waals surface area contributed by atoms with Crippen LogP contribution >= 0.6 is 0 Å². The first-order valence-corrected chi connectivity index (χ1v) is 11.1. The molecule has 0 spiro atoms. The number of esters is 1. The average Bonchev–Trinajstić information content (AvgIpc) is 3.07. The summed E-state index contributed by atoms with van der Waals surface area (Å²) >= 11 is 0. The Morgan fingerprint density at radius 2 is 1.77 bits per heavy atom. The minimum atomic E-state index is -3.36. The second-order valence-electron chi connectivity index (χ2n) is 7.02. The lowest BCUT2D eigenvalue weighted by molar-refractivity contribution is -0.149. The minimum absolute atomic E-state index is 0.211. The number of hydrogen-bond acceptors (Lipinski definition) is 6. The average molecular weight is 429 g/mol. The van der Waals surface area contributed by atoms with Gasteiger partial charge in [-0.3, -0.25) is 4.79 Å². The lowest BCUT2D eigenvalue weighted by atomic mass is 10.1. The molecule has 1 unspecified atom stereocenters. The summed E-state index contributed by atoms with van der Waals surface area (Å²) in [5.41, 5.74) is 2.67. The highest BCUT2D eigenvalue weighted by Gasteiger charge is 2.31. The van der Waals surface area contributed by atoms with Crippen LogP contribution in [0.5, 0.6) is 5.75 Å². The number of anilines is 1. The maximum Gasteiger partial charge on any atom is 0.344 e. The molecule has 1 heterocycles. The van der Waals surface area contributed by atoms with E-state index in [-0.39, 0.29) is 12.4 Å². The maximum atomic E-state index is 12.8. The van der Waals surface area contributed by atoms with Crippen LogP contribution in [0.4, 0.5) is 5.69 Å². The molecular weight excluding hydrogens is 406 g/mol. The van der Waals surface area contributed by atoms with Crippen molar-refractivity contribution in [3.8, 4) is 5.75 Å². The van der Waals surface area contributed by atoms with Crippen LogP contribution in [-0.4, -0.2) is 45.3 Å². The smallest absolute Gasteiger partial charge is 0.344 e. The molecule has 1 aliphatic rings. The van der Waals surface area contributed by atoms with Crippen molar-refractivity contribution in [1.82, 2.24) is 0 Å². The number of benzene rings is 2. The number of para-hydroxylation sites is 1. The Hall–Kier alpha value is -3.13. The standard InChI is InChI=1S/C22H23NO6S/c1-16-8-9-20(12-17(16)2)28-14-22(25)29-13-21(24)23(18-6-4-3-5-7-18)19-10-11-30(26,27)15-19/h3-12,19H,13-15H2,1-2H3. The summed E-state index contributed by atoms with van der Waals surface area (Å²) in [5, 5.41) is 1.10. The van der Waals surface area contributed by atoms with Crippen molar-refractivity contribution in [2.75, 3.05) is 23.9 Å². The van der Waals surface area contributed by atoms with E-state index < -0.39 is 34.4 Å². The van der Waals surface area contributed by atoms with Crippen LogP contribution in [0.25, 0.3) is 0 Å². The Bertz CT molecular complexity index is 1060. The van der Waals surface area contributed by atoms with E-state index in [4.69, 9.17) is 9.47 Å². The molecule has 158 valence electrons.